The maximum Gasteiger partial charge on any atom is 0.215 e. The van der Waals surface area contributed by atoms with Crippen molar-refractivity contribution in [3.05, 3.63) is 30.3 Å². The number of sulfonamides is 1. The van der Waals surface area contributed by atoms with Crippen molar-refractivity contribution in [1.82, 2.24) is 24.5 Å². The van der Waals surface area contributed by atoms with Crippen molar-refractivity contribution >= 4 is 10.0 Å². The van der Waals surface area contributed by atoms with Crippen LogP contribution >= 0.6 is 0 Å². The van der Waals surface area contributed by atoms with Gasteiger partial charge in [-0.3, -0.25) is 0 Å². The third kappa shape index (κ3) is 3.76. The first kappa shape index (κ1) is 16.1. The van der Waals surface area contributed by atoms with Gasteiger partial charge in [0.1, 0.15) is 0 Å². The van der Waals surface area contributed by atoms with Crippen LogP contribution in [0.3, 0.4) is 0 Å². The van der Waals surface area contributed by atoms with Gasteiger partial charge in [-0.1, -0.05) is 43.2 Å². The van der Waals surface area contributed by atoms with Gasteiger partial charge in [-0.25, -0.2) is 12.7 Å². The van der Waals surface area contributed by atoms with Crippen molar-refractivity contribution < 1.29 is 8.42 Å². The summed E-state index contributed by atoms with van der Waals surface area (Å²) >= 11 is 0. The molecule has 0 radical (unpaired) electrons. The molecule has 1 aromatic carbocycles. The van der Waals surface area contributed by atoms with E-state index in [1.165, 1.54) is 9.10 Å². The molecular weight excluding hydrogens is 314 g/mol. The fourth-order valence-corrected chi connectivity index (χ4v) is 4.22. The van der Waals surface area contributed by atoms with E-state index in [0.717, 1.165) is 31.2 Å². The van der Waals surface area contributed by atoms with Crippen molar-refractivity contribution in [2.24, 2.45) is 0 Å². The van der Waals surface area contributed by atoms with Gasteiger partial charge in [0.15, 0.2) is 0 Å². The number of hydrogen-bond donors (Lipinski definition) is 0. The Morgan fingerprint density at radius 1 is 1.22 bits per heavy atom. The van der Waals surface area contributed by atoms with E-state index >= 15 is 0 Å². The summed E-state index contributed by atoms with van der Waals surface area (Å²) in [5.74, 6) is 0.497. The van der Waals surface area contributed by atoms with Crippen LogP contribution < -0.4 is 0 Å². The van der Waals surface area contributed by atoms with Crippen LogP contribution in [0.5, 0.6) is 0 Å². The highest BCUT2D eigenvalue weighted by Gasteiger charge is 2.28. The van der Waals surface area contributed by atoms with Crippen LogP contribution in [0.2, 0.25) is 0 Å². The minimum Gasteiger partial charge on any atom is -0.212 e. The summed E-state index contributed by atoms with van der Waals surface area (Å²) in [6.45, 7) is 0.208. The highest BCUT2D eigenvalue weighted by atomic mass is 32.2. The number of benzene rings is 1. The van der Waals surface area contributed by atoms with Gasteiger partial charge in [0.25, 0.3) is 0 Å². The SMILES string of the molecule is CN(C1CCCC1)S(=O)(=O)CCn1nnc(-c2ccccc2)n1. The summed E-state index contributed by atoms with van der Waals surface area (Å²) in [7, 11) is -1.62. The summed E-state index contributed by atoms with van der Waals surface area (Å²) in [5.41, 5.74) is 0.865. The Balaban J connectivity index is 1.63. The Labute approximate surface area is 136 Å². The lowest BCUT2D eigenvalue weighted by molar-refractivity contribution is 0.370. The van der Waals surface area contributed by atoms with Crippen molar-refractivity contribution in [2.45, 2.75) is 38.3 Å². The van der Waals surface area contributed by atoms with Crippen molar-refractivity contribution in [3.8, 4) is 11.4 Å². The zero-order valence-electron chi connectivity index (χ0n) is 13.2. The van der Waals surface area contributed by atoms with Gasteiger partial charge < -0.3 is 0 Å². The maximum absolute atomic E-state index is 12.4. The predicted octanol–water partition coefficient (Wildman–Crippen LogP) is 1.54. The molecule has 1 aliphatic carbocycles. The Morgan fingerprint density at radius 2 is 1.91 bits per heavy atom. The molecule has 0 atom stereocenters. The number of aromatic nitrogens is 4. The number of nitrogens with zero attached hydrogens (tertiary/aromatic N) is 5. The van der Waals surface area contributed by atoms with Crippen LogP contribution in [0.15, 0.2) is 30.3 Å². The molecule has 0 saturated heterocycles. The number of rotatable bonds is 6. The molecule has 1 saturated carbocycles. The molecule has 1 aliphatic rings. The van der Waals surface area contributed by atoms with Crippen molar-refractivity contribution in [2.75, 3.05) is 12.8 Å². The third-order valence-corrected chi connectivity index (χ3v) is 6.19. The van der Waals surface area contributed by atoms with Gasteiger partial charge >= 0.3 is 0 Å². The molecule has 1 heterocycles. The molecule has 0 spiro atoms. The lowest BCUT2D eigenvalue weighted by Crippen LogP contribution is -2.37. The van der Waals surface area contributed by atoms with Gasteiger partial charge in [0, 0.05) is 18.7 Å². The van der Waals surface area contributed by atoms with Crippen LogP contribution in [0, 0.1) is 0 Å². The maximum atomic E-state index is 12.4. The summed E-state index contributed by atoms with van der Waals surface area (Å²) in [6, 6.07) is 9.65. The van der Waals surface area contributed by atoms with E-state index < -0.39 is 10.0 Å². The highest BCUT2D eigenvalue weighted by molar-refractivity contribution is 7.89. The molecule has 3 rings (SSSR count). The average Bonchev–Trinajstić information content (AvgIpc) is 3.25. The minimum absolute atomic E-state index is 0.00934. The van der Waals surface area contributed by atoms with E-state index in [1.54, 1.807) is 7.05 Å². The molecule has 124 valence electrons. The quantitative estimate of drug-likeness (QED) is 0.800. The van der Waals surface area contributed by atoms with Gasteiger partial charge in [0.05, 0.1) is 12.3 Å². The lowest BCUT2D eigenvalue weighted by atomic mass is 10.2. The second kappa shape index (κ2) is 6.76. The molecule has 1 fully saturated rings. The Kier molecular flexibility index (Phi) is 4.72. The third-order valence-electron chi connectivity index (χ3n) is 4.31. The van der Waals surface area contributed by atoms with Crippen LogP contribution in [0.1, 0.15) is 25.7 Å². The molecule has 7 nitrogen and oxygen atoms in total. The van der Waals surface area contributed by atoms with E-state index in [0.29, 0.717) is 5.82 Å². The van der Waals surface area contributed by atoms with Crippen LogP contribution in [-0.2, 0) is 16.6 Å². The second-order valence-corrected chi connectivity index (χ2v) is 7.99. The molecule has 2 aromatic rings. The first-order chi connectivity index (χ1) is 11.1. The van der Waals surface area contributed by atoms with Crippen molar-refractivity contribution in [1.29, 1.82) is 0 Å². The Bertz CT molecular complexity index is 738. The average molecular weight is 335 g/mol. The number of aryl methyl sites for hydroxylation is 1. The molecule has 0 aliphatic heterocycles. The molecule has 0 amide bonds. The molecule has 1 aromatic heterocycles. The number of tetrazole rings is 1. The largest absolute Gasteiger partial charge is 0.215 e. The van der Waals surface area contributed by atoms with E-state index in [1.807, 2.05) is 30.3 Å². The monoisotopic (exact) mass is 335 g/mol. The van der Waals surface area contributed by atoms with Gasteiger partial charge in [-0.05, 0) is 18.1 Å². The minimum atomic E-state index is -3.29. The van der Waals surface area contributed by atoms with E-state index in [9.17, 15) is 8.42 Å². The smallest absolute Gasteiger partial charge is 0.212 e. The fraction of sp³-hybridized carbons (Fsp3) is 0.533. The molecule has 8 heteroatoms. The van der Waals surface area contributed by atoms with Crippen LogP contribution in [-0.4, -0.2) is 51.8 Å². The Morgan fingerprint density at radius 3 is 2.61 bits per heavy atom. The lowest BCUT2D eigenvalue weighted by Gasteiger charge is -2.23. The summed E-state index contributed by atoms with van der Waals surface area (Å²) in [4.78, 5) is 1.35. The predicted molar refractivity (Wildman–Crippen MR) is 87.1 cm³/mol. The molecule has 23 heavy (non-hydrogen) atoms. The molecular formula is C15H21N5O2S. The van der Waals surface area contributed by atoms with Gasteiger partial charge in [0.2, 0.25) is 15.8 Å². The van der Waals surface area contributed by atoms with Crippen molar-refractivity contribution in [3.63, 3.8) is 0 Å². The van der Waals surface area contributed by atoms with Crippen LogP contribution in [0.25, 0.3) is 11.4 Å². The van der Waals surface area contributed by atoms with E-state index in [4.69, 9.17) is 0 Å². The molecule has 0 bridgehead atoms. The van der Waals surface area contributed by atoms with Crippen LogP contribution in [0.4, 0.5) is 0 Å². The standard InChI is InChI=1S/C15H21N5O2S/c1-19(14-9-5-6-10-14)23(21,22)12-11-20-17-15(16-18-20)13-7-3-2-4-8-13/h2-4,7-8,14H,5-6,9-12H2,1H3. The second-order valence-electron chi connectivity index (χ2n) is 5.85. The van der Waals surface area contributed by atoms with E-state index in [-0.39, 0.29) is 18.3 Å². The number of hydrogen-bond acceptors (Lipinski definition) is 5. The zero-order chi connectivity index (χ0) is 16.3. The first-order valence-corrected chi connectivity index (χ1v) is 9.46. The first-order valence-electron chi connectivity index (χ1n) is 7.85. The summed E-state index contributed by atoms with van der Waals surface area (Å²) in [5, 5.41) is 12.2. The van der Waals surface area contributed by atoms with E-state index in [2.05, 4.69) is 15.4 Å². The highest BCUT2D eigenvalue weighted by Crippen LogP contribution is 2.24. The summed E-state index contributed by atoms with van der Waals surface area (Å²) < 4.78 is 26.3. The zero-order valence-corrected chi connectivity index (χ0v) is 14.0. The summed E-state index contributed by atoms with van der Waals surface area (Å²) in [6.07, 6.45) is 4.12. The molecule has 0 N–H and O–H groups in total. The fourth-order valence-electron chi connectivity index (χ4n) is 2.88. The van der Waals surface area contributed by atoms with Gasteiger partial charge in [-0.2, -0.15) is 4.80 Å². The Hall–Kier alpha value is -1.80. The molecule has 0 unspecified atom stereocenters. The topological polar surface area (TPSA) is 81.0 Å². The van der Waals surface area contributed by atoms with Gasteiger partial charge in [-0.15, -0.1) is 10.2 Å². The normalized spacial score (nSPS) is 16.3.